The van der Waals surface area contributed by atoms with Gasteiger partial charge in [0.25, 0.3) is 0 Å². The lowest BCUT2D eigenvalue weighted by Crippen LogP contribution is -1.97. The molecule has 7 aromatic rings. The second kappa shape index (κ2) is 6.94. The average Bonchev–Trinajstić information content (AvgIpc) is 3.44. The minimum Gasteiger partial charge on any atom is -0.309 e. The Hall–Kier alpha value is -4.62. The Labute approximate surface area is 203 Å². The zero-order chi connectivity index (χ0) is 22.9. The molecule has 0 saturated carbocycles. The first kappa shape index (κ1) is 18.8. The first-order chi connectivity index (χ1) is 17.4. The molecule has 162 valence electrons. The van der Waals surface area contributed by atoms with Crippen LogP contribution in [-0.2, 0) is 0 Å². The molecule has 0 radical (unpaired) electrons. The summed E-state index contributed by atoms with van der Waals surface area (Å²) in [7, 11) is 0. The van der Waals surface area contributed by atoms with Gasteiger partial charge in [0.05, 0.1) is 16.7 Å². The van der Waals surface area contributed by atoms with Gasteiger partial charge < -0.3 is 4.57 Å². The van der Waals surface area contributed by atoms with E-state index in [0.717, 1.165) is 0 Å². The maximum absolute atomic E-state index is 2.45. The fraction of sp³-hybridized carbons (Fsp3) is 0. The Bertz CT molecular complexity index is 1930. The third-order valence-electron chi connectivity index (χ3n) is 7.53. The molecule has 0 N–H and O–H groups in total. The van der Waals surface area contributed by atoms with Crippen LogP contribution in [0.15, 0.2) is 127 Å². The topological polar surface area (TPSA) is 4.93 Å². The quantitative estimate of drug-likeness (QED) is 0.251. The maximum Gasteiger partial charge on any atom is 0.0548 e. The van der Waals surface area contributed by atoms with E-state index in [9.17, 15) is 0 Å². The van der Waals surface area contributed by atoms with Crippen molar-refractivity contribution in [3.63, 3.8) is 0 Å². The fourth-order valence-corrected chi connectivity index (χ4v) is 6.13. The van der Waals surface area contributed by atoms with Crippen LogP contribution in [-0.4, -0.2) is 4.57 Å². The summed E-state index contributed by atoms with van der Waals surface area (Å²) in [6, 6.07) is 46.3. The van der Waals surface area contributed by atoms with Gasteiger partial charge in [-0.15, -0.1) is 0 Å². The highest BCUT2D eigenvalue weighted by molar-refractivity contribution is 6.26. The summed E-state index contributed by atoms with van der Waals surface area (Å²) in [5.74, 6) is 0. The number of nitrogens with zero attached hydrogens (tertiary/aromatic N) is 1. The Balaban J connectivity index is 1.54. The van der Waals surface area contributed by atoms with Crippen molar-refractivity contribution in [3.8, 4) is 39.1 Å². The fourth-order valence-electron chi connectivity index (χ4n) is 6.13. The van der Waals surface area contributed by atoms with Crippen LogP contribution in [0, 0.1) is 0 Å². The van der Waals surface area contributed by atoms with Crippen molar-refractivity contribution in [2.24, 2.45) is 0 Å². The van der Waals surface area contributed by atoms with Gasteiger partial charge in [0.2, 0.25) is 0 Å². The highest BCUT2D eigenvalue weighted by Crippen LogP contribution is 2.52. The molecule has 0 bridgehead atoms. The smallest absolute Gasteiger partial charge is 0.0548 e. The van der Waals surface area contributed by atoms with E-state index >= 15 is 0 Å². The van der Waals surface area contributed by atoms with Crippen molar-refractivity contribution >= 4 is 32.6 Å². The van der Waals surface area contributed by atoms with Crippen LogP contribution in [0.1, 0.15) is 0 Å². The van der Waals surface area contributed by atoms with E-state index in [-0.39, 0.29) is 0 Å². The molecule has 35 heavy (non-hydrogen) atoms. The second-order valence-electron chi connectivity index (χ2n) is 9.33. The Morgan fingerprint density at radius 2 is 1.11 bits per heavy atom. The summed E-state index contributed by atoms with van der Waals surface area (Å²) < 4.78 is 2.45. The predicted molar refractivity (Wildman–Crippen MR) is 148 cm³/mol. The van der Waals surface area contributed by atoms with Crippen molar-refractivity contribution in [1.82, 2.24) is 4.57 Å². The van der Waals surface area contributed by atoms with E-state index in [2.05, 4.69) is 132 Å². The van der Waals surface area contributed by atoms with Crippen LogP contribution in [0.4, 0.5) is 0 Å². The predicted octanol–water partition coefficient (Wildman–Crippen LogP) is 9.25. The van der Waals surface area contributed by atoms with E-state index in [4.69, 9.17) is 0 Å². The van der Waals surface area contributed by atoms with E-state index in [1.54, 1.807) is 0 Å². The number of rotatable bonds is 2. The summed E-state index contributed by atoms with van der Waals surface area (Å²) >= 11 is 0. The normalized spacial score (nSPS) is 12.0. The van der Waals surface area contributed by atoms with Gasteiger partial charge in [-0.25, -0.2) is 0 Å². The number of benzene rings is 6. The third kappa shape index (κ3) is 2.47. The Morgan fingerprint density at radius 3 is 2.00 bits per heavy atom. The lowest BCUT2D eigenvalue weighted by atomic mass is 9.98. The molecule has 1 heterocycles. The van der Waals surface area contributed by atoms with Gasteiger partial charge in [0.15, 0.2) is 0 Å². The van der Waals surface area contributed by atoms with Gasteiger partial charge in [-0.05, 0) is 51.2 Å². The summed E-state index contributed by atoms with van der Waals surface area (Å²) in [6.07, 6.45) is 0. The first-order valence-corrected chi connectivity index (χ1v) is 12.1. The van der Waals surface area contributed by atoms with E-state index in [1.165, 1.54) is 71.6 Å². The molecule has 0 spiro atoms. The van der Waals surface area contributed by atoms with Gasteiger partial charge in [0, 0.05) is 21.9 Å². The lowest BCUT2D eigenvalue weighted by molar-refractivity contribution is 1.18. The van der Waals surface area contributed by atoms with E-state index < -0.39 is 0 Å². The average molecular weight is 444 g/mol. The molecule has 0 saturated heterocycles. The number of fused-ring (bicyclic) bond motifs is 7. The van der Waals surface area contributed by atoms with Crippen LogP contribution >= 0.6 is 0 Å². The SMILES string of the molecule is c1ccc(-c2ccccc2-n2c3ccccc3c3c4c(ccc32)-c2cccc3cccc-4c23)cc1. The van der Waals surface area contributed by atoms with Crippen LogP contribution < -0.4 is 0 Å². The molecule has 0 amide bonds. The van der Waals surface area contributed by atoms with Crippen molar-refractivity contribution in [2.75, 3.05) is 0 Å². The van der Waals surface area contributed by atoms with Crippen molar-refractivity contribution in [2.45, 2.75) is 0 Å². The molecule has 0 unspecified atom stereocenters. The summed E-state index contributed by atoms with van der Waals surface area (Å²) in [5, 5.41) is 5.32. The molecule has 1 aliphatic rings. The van der Waals surface area contributed by atoms with Gasteiger partial charge in [-0.3, -0.25) is 0 Å². The van der Waals surface area contributed by atoms with Gasteiger partial charge >= 0.3 is 0 Å². The summed E-state index contributed by atoms with van der Waals surface area (Å²) in [5.41, 5.74) is 11.5. The zero-order valence-electron chi connectivity index (χ0n) is 19.1. The standard InChI is InChI=1S/C34H21N/c1-2-10-22(11-3-1)24-14-4-6-18-29(24)35-30-19-7-5-15-27(30)34-31(35)21-20-26-25-16-8-12-23-13-9-17-28(32(23)25)33(26)34/h1-21H. The molecule has 8 rings (SSSR count). The number of hydrogen-bond donors (Lipinski definition) is 0. The van der Waals surface area contributed by atoms with E-state index in [1.807, 2.05) is 0 Å². The van der Waals surface area contributed by atoms with E-state index in [0.29, 0.717) is 0 Å². The minimum atomic E-state index is 1.21. The third-order valence-corrected chi connectivity index (χ3v) is 7.53. The number of hydrogen-bond acceptors (Lipinski definition) is 0. The molecule has 6 aromatic carbocycles. The molecule has 1 nitrogen and oxygen atoms in total. The molecule has 1 aliphatic carbocycles. The van der Waals surface area contributed by atoms with Crippen LogP contribution in [0.3, 0.4) is 0 Å². The van der Waals surface area contributed by atoms with Gasteiger partial charge in [-0.1, -0.05) is 109 Å². The molecule has 1 aromatic heterocycles. The molecular weight excluding hydrogens is 422 g/mol. The molecule has 1 heteroatoms. The summed E-state index contributed by atoms with van der Waals surface area (Å²) in [4.78, 5) is 0. The zero-order valence-corrected chi connectivity index (χ0v) is 19.1. The van der Waals surface area contributed by atoms with Gasteiger partial charge in [-0.2, -0.15) is 0 Å². The summed E-state index contributed by atoms with van der Waals surface area (Å²) in [6.45, 7) is 0. The Morgan fingerprint density at radius 1 is 0.400 bits per heavy atom. The maximum atomic E-state index is 2.45. The lowest BCUT2D eigenvalue weighted by Gasteiger charge is -2.14. The molecule has 0 fully saturated rings. The molecular formula is C34H21N. The Kier molecular flexibility index (Phi) is 3.72. The van der Waals surface area contributed by atoms with Gasteiger partial charge in [0.1, 0.15) is 0 Å². The first-order valence-electron chi connectivity index (χ1n) is 12.1. The number of aromatic nitrogens is 1. The monoisotopic (exact) mass is 443 g/mol. The van der Waals surface area contributed by atoms with Crippen molar-refractivity contribution in [3.05, 3.63) is 127 Å². The van der Waals surface area contributed by atoms with Crippen LogP contribution in [0.25, 0.3) is 71.6 Å². The molecule has 0 atom stereocenters. The van der Waals surface area contributed by atoms with Crippen LogP contribution in [0.5, 0.6) is 0 Å². The number of para-hydroxylation sites is 2. The molecule has 0 aliphatic heterocycles. The largest absolute Gasteiger partial charge is 0.309 e. The highest BCUT2D eigenvalue weighted by atomic mass is 15.0. The second-order valence-corrected chi connectivity index (χ2v) is 9.33. The van der Waals surface area contributed by atoms with Crippen molar-refractivity contribution in [1.29, 1.82) is 0 Å². The van der Waals surface area contributed by atoms with Crippen molar-refractivity contribution < 1.29 is 0 Å². The highest BCUT2D eigenvalue weighted by Gasteiger charge is 2.26. The minimum absolute atomic E-state index is 1.21. The van der Waals surface area contributed by atoms with Crippen LogP contribution in [0.2, 0.25) is 0 Å².